The topological polar surface area (TPSA) is 101 Å². The van der Waals surface area contributed by atoms with Gasteiger partial charge in [0.05, 0.1) is 29.1 Å². The second-order valence-corrected chi connectivity index (χ2v) is 11.9. The van der Waals surface area contributed by atoms with Crippen molar-refractivity contribution in [1.82, 2.24) is 0 Å². The Morgan fingerprint density at radius 1 is 1.07 bits per heavy atom. The van der Waals surface area contributed by atoms with Gasteiger partial charge in [0.25, 0.3) is 0 Å². The fraction of sp³-hybridized carbons (Fsp3) is 0.250. The fourth-order valence-electron chi connectivity index (χ4n) is 6.47. The summed E-state index contributed by atoms with van der Waals surface area (Å²) in [5, 5.41) is 10.4. The van der Waals surface area contributed by atoms with Gasteiger partial charge in [-0.05, 0) is 77.0 Å². The van der Waals surface area contributed by atoms with E-state index >= 15 is 0 Å². The number of aromatic hydroxyl groups is 1. The number of ketones is 2. The van der Waals surface area contributed by atoms with Crippen LogP contribution < -0.4 is 9.64 Å². The van der Waals surface area contributed by atoms with Gasteiger partial charge < -0.3 is 9.84 Å². The number of hydrogen-bond donors (Lipinski definition) is 1. The molecule has 1 fully saturated rings. The Labute approximate surface area is 249 Å². The van der Waals surface area contributed by atoms with Crippen molar-refractivity contribution >= 4 is 62.7 Å². The standard InChI is InChI=1S/C32H25BrClNO6/c1-15-3-6-17(12-24(15)34)35-31(39)20-9-8-18-19(7-4-16-5-10-25(36)27(11-16)41-2)28-22(13-21(18)29(20)32(35)40)30(38)23(33)14-26(28)37/h3-8,10-12,14,19-21,29,36H,9,13H2,1-2H3/t19-,20-,21+,29-/m0/s1. The van der Waals surface area contributed by atoms with E-state index in [-0.39, 0.29) is 40.0 Å². The third-order valence-corrected chi connectivity index (χ3v) is 9.47. The average molecular weight is 635 g/mol. The van der Waals surface area contributed by atoms with Crippen molar-refractivity contribution in [3.05, 3.63) is 92.0 Å². The van der Waals surface area contributed by atoms with Crippen molar-refractivity contribution in [2.75, 3.05) is 12.0 Å². The van der Waals surface area contributed by atoms with Gasteiger partial charge in [-0.25, -0.2) is 4.90 Å². The summed E-state index contributed by atoms with van der Waals surface area (Å²) in [5.74, 6) is -3.11. The minimum Gasteiger partial charge on any atom is -0.504 e. The van der Waals surface area contributed by atoms with E-state index in [1.54, 1.807) is 36.4 Å². The lowest BCUT2D eigenvalue weighted by molar-refractivity contribution is -0.123. The molecule has 1 N–H and O–H groups in total. The number of fused-ring (bicyclic) bond motifs is 3. The Bertz CT molecular complexity index is 1680. The summed E-state index contributed by atoms with van der Waals surface area (Å²) in [5.41, 5.74) is 3.59. The lowest BCUT2D eigenvalue weighted by atomic mass is 9.61. The number of imide groups is 1. The highest BCUT2D eigenvalue weighted by Crippen LogP contribution is 2.53. The number of anilines is 1. The molecule has 9 heteroatoms. The molecule has 0 spiro atoms. The molecule has 7 nitrogen and oxygen atoms in total. The Morgan fingerprint density at radius 3 is 2.59 bits per heavy atom. The molecule has 0 radical (unpaired) electrons. The predicted molar refractivity (Wildman–Crippen MR) is 158 cm³/mol. The summed E-state index contributed by atoms with van der Waals surface area (Å²) in [6.45, 7) is 1.85. The number of carbonyl (C=O) groups is 4. The Morgan fingerprint density at radius 2 is 1.85 bits per heavy atom. The number of halogens is 2. The molecule has 4 atom stereocenters. The van der Waals surface area contributed by atoms with Crippen LogP contribution in [0.2, 0.25) is 5.02 Å². The van der Waals surface area contributed by atoms with Crippen LogP contribution in [0.15, 0.2) is 75.8 Å². The zero-order valence-corrected chi connectivity index (χ0v) is 24.5. The molecule has 41 heavy (non-hydrogen) atoms. The number of methoxy groups -OCH3 is 1. The molecule has 6 rings (SSSR count). The molecule has 1 heterocycles. The van der Waals surface area contributed by atoms with Crippen molar-refractivity contribution in [2.24, 2.45) is 23.7 Å². The molecule has 1 saturated heterocycles. The zero-order valence-electron chi connectivity index (χ0n) is 22.2. The second-order valence-electron chi connectivity index (χ2n) is 10.7. The maximum Gasteiger partial charge on any atom is 0.238 e. The van der Waals surface area contributed by atoms with E-state index in [4.69, 9.17) is 16.3 Å². The Balaban J connectivity index is 1.43. The van der Waals surface area contributed by atoms with Crippen molar-refractivity contribution in [3.63, 3.8) is 0 Å². The van der Waals surface area contributed by atoms with Gasteiger partial charge in [0.2, 0.25) is 11.8 Å². The number of phenols is 1. The number of benzene rings is 2. The SMILES string of the molecule is COc1cc(C=C[C@H]2C3=CC[C@@H]4C(=O)N(c5ccc(C)c(Cl)c5)C(=O)[C@@H]4[C@@H]3CC3=C2C(=O)C=C(Br)C3=O)ccc1O. The molecular formula is C32H25BrClNO6. The third-order valence-electron chi connectivity index (χ3n) is 8.48. The fourth-order valence-corrected chi connectivity index (χ4v) is 7.09. The number of carbonyl (C=O) groups excluding carboxylic acids is 4. The minimum absolute atomic E-state index is 0.000259. The van der Waals surface area contributed by atoms with Crippen molar-refractivity contribution in [1.29, 1.82) is 0 Å². The molecule has 0 unspecified atom stereocenters. The highest BCUT2D eigenvalue weighted by Gasteiger charge is 2.56. The number of phenolic OH excluding ortho intramolecular Hbond substituents is 1. The first-order chi connectivity index (χ1) is 19.6. The Hall–Kier alpha value is -3.75. The number of hydrogen-bond acceptors (Lipinski definition) is 6. The summed E-state index contributed by atoms with van der Waals surface area (Å²) in [7, 11) is 1.46. The number of allylic oxidation sites excluding steroid dienone is 7. The summed E-state index contributed by atoms with van der Waals surface area (Å²) in [4.78, 5) is 55.4. The van der Waals surface area contributed by atoms with Crippen LogP contribution in [0.3, 0.4) is 0 Å². The molecule has 0 saturated carbocycles. The lowest BCUT2D eigenvalue weighted by Gasteiger charge is -2.41. The summed E-state index contributed by atoms with van der Waals surface area (Å²) in [6.07, 6.45) is 7.44. The van der Waals surface area contributed by atoms with Gasteiger partial charge in [0.15, 0.2) is 23.1 Å². The molecule has 208 valence electrons. The maximum absolute atomic E-state index is 14.0. The predicted octanol–water partition coefficient (Wildman–Crippen LogP) is 5.88. The first-order valence-corrected chi connectivity index (χ1v) is 14.4. The maximum atomic E-state index is 14.0. The van der Waals surface area contributed by atoms with Gasteiger partial charge in [-0.3, -0.25) is 19.2 Å². The van der Waals surface area contributed by atoms with Gasteiger partial charge in [0.1, 0.15) is 0 Å². The smallest absolute Gasteiger partial charge is 0.238 e. The van der Waals surface area contributed by atoms with Crippen molar-refractivity contribution < 1.29 is 29.0 Å². The normalized spacial score (nSPS) is 25.7. The first-order valence-electron chi connectivity index (χ1n) is 13.2. The van der Waals surface area contributed by atoms with E-state index in [1.165, 1.54) is 24.2 Å². The van der Waals surface area contributed by atoms with Crippen LogP contribution in [-0.2, 0) is 19.2 Å². The number of rotatable bonds is 4. The highest BCUT2D eigenvalue weighted by molar-refractivity contribution is 9.12. The molecular weight excluding hydrogens is 610 g/mol. The van der Waals surface area contributed by atoms with Gasteiger partial charge in [0, 0.05) is 28.2 Å². The molecule has 2 amide bonds. The summed E-state index contributed by atoms with van der Waals surface area (Å²) in [6, 6.07) is 10.0. The van der Waals surface area contributed by atoms with Gasteiger partial charge in [-0.1, -0.05) is 47.5 Å². The number of ether oxygens (including phenoxy) is 1. The summed E-state index contributed by atoms with van der Waals surface area (Å²) < 4.78 is 5.40. The number of aryl methyl sites for hydroxylation is 1. The number of nitrogens with zero attached hydrogens (tertiary/aromatic N) is 1. The van der Waals surface area contributed by atoms with Crippen LogP contribution in [-0.4, -0.2) is 35.6 Å². The van der Waals surface area contributed by atoms with Crippen LogP contribution in [0.4, 0.5) is 5.69 Å². The van der Waals surface area contributed by atoms with Crippen LogP contribution in [0.25, 0.3) is 6.08 Å². The van der Waals surface area contributed by atoms with Crippen LogP contribution in [0, 0.1) is 30.6 Å². The number of amides is 2. The highest BCUT2D eigenvalue weighted by atomic mass is 79.9. The van der Waals surface area contributed by atoms with E-state index in [0.717, 1.165) is 16.7 Å². The van der Waals surface area contributed by atoms with E-state index in [2.05, 4.69) is 15.9 Å². The van der Waals surface area contributed by atoms with Crippen molar-refractivity contribution in [2.45, 2.75) is 19.8 Å². The van der Waals surface area contributed by atoms with E-state index in [9.17, 15) is 24.3 Å². The van der Waals surface area contributed by atoms with E-state index in [1.807, 2.05) is 19.1 Å². The molecule has 4 aliphatic rings. The van der Waals surface area contributed by atoms with Gasteiger partial charge in [-0.2, -0.15) is 0 Å². The average Bonchev–Trinajstić information content (AvgIpc) is 3.21. The van der Waals surface area contributed by atoms with Crippen LogP contribution in [0.5, 0.6) is 11.5 Å². The molecule has 1 aliphatic heterocycles. The van der Waals surface area contributed by atoms with Crippen LogP contribution >= 0.6 is 27.5 Å². The van der Waals surface area contributed by atoms with E-state index in [0.29, 0.717) is 34.0 Å². The van der Waals surface area contributed by atoms with Crippen LogP contribution in [0.1, 0.15) is 24.0 Å². The molecule has 0 bridgehead atoms. The largest absolute Gasteiger partial charge is 0.504 e. The number of Topliss-reactive ketones (excluding diaryl/α,β-unsaturated/α-hetero) is 1. The first kappa shape index (κ1) is 27.4. The molecule has 2 aromatic rings. The van der Waals surface area contributed by atoms with E-state index < -0.39 is 23.7 Å². The third kappa shape index (κ3) is 4.41. The molecule has 2 aromatic carbocycles. The van der Waals surface area contributed by atoms with Crippen molar-refractivity contribution in [3.8, 4) is 11.5 Å². The Kier molecular flexibility index (Phi) is 6.86. The van der Waals surface area contributed by atoms with Gasteiger partial charge in [-0.15, -0.1) is 0 Å². The zero-order chi connectivity index (χ0) is 29.2. The van der Waals surface area contributed by atoms with Gasteiger partial charge >= 0.3 is 0 Å². The molecule has 0 aromatic heterocycles. The minimum atomic E-state index is -0.672. The second kappa shape index (κ2) is 10.3. The summed E-state index contributed by atoms with van der Waals surface area (Å²) >= 11 is 9.57. The molecule has 3 aliphatic carbocycles. The monoisotopic (exact) mass is 633 g/mol. The quantitative estimate of drug-likeness (QED) is 0.256. The lowest BCUT2D eigenvalue weighted by Crippen LogP contribution is -2.40.